The molecule has 0 aromatic carbocycles. The number of hydrogen-bond acceptors (Lipinski definition) is 12. The van der Waals surface area contributed by atoms with Crippen molar-refractivity contribution in [2.45, 2.75) is 234 Å². The molecule has 8 unspecified atom stereocenters. The van der Waals surface area contributed by atoms with Crippen molar-refractivity contribution < 1.29 is 62.6 Å². The molecule has 2 rings (SSSR count). The summed E-state index contributed by atoms with van der Waals surface area (Å²) < 4.78 is 5.94. The average Bonchev–Trinajstić information content (AvgIpc) is 3.68. The Bertz CT molecular complexity index is 1820. The predicted molar refractivity (Wildman–Crippen MR) is 269 cm³/mol. The van der Waals surface area contributed by atoms with Crippen LogP contribution in [0.2, 0.25) is 0 Å². The van der Waals surface area contributed by atoms with Crippen LogP contribution in [0.1, 0.15) is 192 Å². The molecule has 2 aliphatic rings. The fourth-order valence-electron chi connectivity index (χ4n) is 8.86. The normalized spacial score (nSPS) is 25.0. The van der Waals surface area contributed by atoms with Crippen molar-refractivity contribution in [3.63, 3.8) is 0 Å². The van der Waals surface area contributed by atoms with E-state index in [9.17, 15) is 53.1 Å². The zero-order valence-corrected chi connectivity index (χ0v) is 45.0. The summed E-state index contributed by atoms with van der Waals surface area (Å²) in [4.78, 5) is 143. The number of carboxylic acid groups (broad SMARTS) is 1. The van der Waals surface area contributed by atoms with Crippen LogP contribution >= 0.6 is 0 Å². The summed E-state index contributed by atoms with van der Waals surface area (Å²) in [5.74, 6) is -9.86. The van der Waals surface area contributed by atoms with Crippen LogP contribution in [0, 0.1) is 35.5 Å². The van der Waals surface area contributed by atoms with E-state index in [0.29, 0.717) is 17.9 Å². The molecule has 0 radical (unpaired) electrons. The number of carbonyl (C=O) groups excluding carboxylic acids is 9. The third kappa shape index (κ3) is 23.1. The molecule has 8 atom stereocenters. The second-order valence-electron chi connectivity index (χ2n) is 21.8. The zero-order chi connectivity index (χ0) is 54.2. The summed E-state index contributed by atoms with van der Waals surface area (Å²) in [6.07, 6.45) is 4.78. The summed E-state index contributed by atoms with van der Waals surface area (Å²) in [7, 11) is 0. The third-order valence-corrected chi connectivity index (χ3v) is 12.6. The first kappa shape index (κ1) is 62.8. The van der Waals surface area contributed by atoms with Crippen molar-refractivity contribution in [3.05, 3.63) is 0 Å². The number of cyclic esters (lactones) is 1. The summed E-state index contributed by atoms with van der Waals surface area (Å²) in [6, 6.07) is -7.54. The van der Waals surface area contributed by atoms with Crippen molar-refractivity contribution in [2.24, 2.45) is 35.5 Å². The van der Waals surface area contributed by atoms with Crippen LogP contribution in [-0.4, -0.2) is 112 Å². The van der Waals surface area contributed by atoms with Gasteiger partial charge in [-0.15, -0.1) is 0 Å². The number of nitrogens with one attached hydrogen (secondary N) is 6. The van der Waals surface area contributed by atoms with E-state index in [0.717, 1.165) is 38.5 Å². The number of carboxylic acids is 1. The Labute approximate surface area is 427 Å². The molecule has 2 aliphatic heterocycles. The molecule has 7 N–H and O–H groups in total. The van der Waals surface area contributed by atoms with Crippen LogP contribution in [0.3, 0.4) is 0 Å². The van der Waals surface area contributed by atoms with Crippen LogP contribution in [0.15, 0.2) is 0 Å². The molecule has 0 aromatic heterocycles. The monoisotopic (exact) mass is 1020 g/mol. The molecule has 0 saturated carbocycles. The Kier molecular flexibility index (Phi) is 27.9. The van der Waals surface area contributed by atoms with Crippen LogP contribution in [-0.2, 0) is 52.7 Å². The second kappa shape index (κ2) is 32.0. The number of nitrogens with zero attached hydrogens (tertiary/aromatic N) is 1. The SMILES string of the molecule is CCCCCCCCCCCC1OC(=O)C(CC(C)C)NC(=O)C(CC(C)C)NC(=O)C2CC(=O)ON2C(=O)C(C(C)C)NC(=O)C(CC(C)C)CC(=O)C(CC(C)C)NC(=O)NC(CCC(=O)O)NC1=O. The maximum absolute atomic E-state index is 14.3. The van der Waals surface area contributed by atoms with Gasteiger partial charge in [0, 0.05) is 18.8 Å². The minimum atomic E-state index is -1.54. The van der Waals surface area contributed by atoms with Gasteiger partial charge in [0.2, 0.25) is 17.7 Å². The van der Waals surface area contributed by atoms with E-state index < -0.39 is 126 Å². The first-order chi connectivity index (χ1) is 33.8. The number of unbranched alkanes of at least 4 members (excludes halogenated alkanes) is 8. The summed E-state index contributed by atoms with van der Waals surface area (Å²) >= 11 is 0. The minimum Gasteiger partial charge on any atom is -0.481 e. The number of Topliss-reactive ketones (excluding diaryl/α,β-unsaturated/α-hetero) is 1. The summed E-state index contributed by atoms with van der Waals surface area (Å²) in [6.45, 7) is 20.1. The Morgan fingerprint density at radius 2 is 1.12 bits per heavy atom. The number of hydrogen-bond donors (Lipinski definition) is 7. The quantitative estimate of drug-likeness (QED) is 0.0504. The minimum absolute atomic E-state index is 0.0603. The first-order valence-electron chi connectivity index (χ1n) is 26.6. The molecule has 0 aliphatic carbocycles. The van der Waals surface area contributed by atoms with Gasteiger partial charge in [0.1, 0.15) is 24.3 Å². The maximum Gasteiger partial charge on any atom is 0.335 e. The van der Waals surface area contributed by atoms with Crippen LogP contribution in [0.5, 0.6) is 0 Å². The molecule has 20 heteroatoms. The van der Waals surface area contributed by atoms with E-state index in [2.05, 4.69) is 38.8 Å². The van der Waals surface area contributed by atoms with Crippen molar-refractivity contribution in [1.29, 1.82) is 0 Å². The molecular formula is C52H89N7O13. The fraction of sp³-hybridized carbons (Fsp3) is 0.808. The van der Waals surface area contributed by atoms with Crippen molar-refractivity contribution in [3.8, 4) is 0 Å². The number of aliphatic carboxylic acids is 1. The van der Waals surface area contributed by atoms with Crippen molar-refractivity contribution >= 4 is 59.3 Å². The van der Waals surface area contributed by atoms with Crippen molar-refractivity contribution in [2.75, 3.05) is 0 Å². The molecule has 0 aromatic rings. The second-order valence-corrected chi connectivity index (χ2v) is 21.8. The highest BCUT2D eigenvalue weighted by Gasteiger charge is 2.46. The van der Waals surface area contributed by atoms with Crippen LogP contribution in [0.25, 0.3) is 0 Å². The lowest BCUT2D eigenvalue weighted by atomic mass is 9.87. The van der Waals surface area contributed by atoms with Gasteiger partial charge in [-0.25, -0.2) is 14.4 Å². The van der Waals surface area contributed by atoms with Gasteiger partial charge in [-0.2, -0.15) is 5.06 Å². The number of ether oxygens (including phenoxy) is 1. The number of ketones is 1. The summed E-state index contributed by atoms with van der Waals surface area (Å²) in [5.41, 5.74) is 0. The van der Waals surface area contributed by atoms with Gasteiger partial charge < -0.3 is 46.6 Å². The molecule has 0 bridgehead atoms. The number of esters is 1. The number of hydroxylamine groups is 2. The third-order valence-electron chi connectivity index (χ3n) is 12.6. The van der Waals surface area contributed by atoms with E-state index in [1.807, 2.05) is 55.4 Å². The van der Waals surface area contributed by atoms with E-state index in [-0.39, 0.29) is 68.6 Å². The number of amides is 7. The lowest BCUT2D eigenvalue weighted by Crippen LogP contribution is -2.58. The van der Waals surface area contributed by atoms with E-state index in [4.69, 9.17) is 9.57 Å². The number of rotatable bonds is 22. The molecule has 0 spiro atoms. The smallest absolute Gasteiger partial charge is 0.335 e. The van der Waals surface area contributed by atoms with E-state index in [1.165, 1.54) is 6.42 Å². The molecule has 410 valence electrons. The Balaban J connectivity index is 2.74. The van der Waals surface area contributed by atoms with Gasteiger partial charge in [0.15, 0.2) is 17.9 Å². The molecule has 72 heavy (non-hydrogen) atoms. The Morgan fingerprint density at radius 1 is 0.583 bits per heavy atom. The lowest BCUT2D eigenvalue weighted by Gasteiger charge is -2.30. The first-order valence-corrected chi connectivity index (χ1v) is 26.6. The Hall–Kier alpha value is -5.30. The maximum atomic E-state index is 14.3. The number of urea groups is 1. The highest BCUT2D eigenvalue weighted by atomic mass is 16.7. The standard InChI is InChI=1S/C52H89N7O13/c1-12-13-14-15-16-17-18-19-20-21-41-49(67)56-42(22-23-43(61)62)57-52(70)55-36(25-31(4)5)40(60)28-35(24-30(2)3)46(64)58-45(34(10)11)50(68)59-39(29-44(63)72-59)48(66)53-37(26-32(6)7)47(65)54-38(27-33(8)9)51(69)71-41/h30-39,41-42,45H,12-29H2,1-11H3,(H,53,66)(H,54,65)(H,56,67)(H,58,64)(H,61,62)(H2,55,57,70). The van der Waals surface area contributed by atoms with Crippen LogP contribution < -0.4 is 31.9 Å². The molecule has 7 amide bonds. The molecule has 20 nitrogen and oxygen atoms in total. The summed E-state index contributed by atoms with van der Waals surface area (Å²) in [5, 5.41) is 26.3. The number of fused-ring (bicyclic) bond motifs is 1. The fourth-order valence-corrected chi connectivity index (χ4v) is 8.86. The average molecular weight is 1020 g/mol. The molecule has 2 heterocycles. The van der Waals surface area contributed by atoms with E-state index >= 15 is 0 Å². The van der Waals surface area contributed by atoms with Gasteiger partial charge in [-0.3, -0.25) is 33.6 Å². The highest BCUT2D eigenvalue weighted by Crippen LogP contribution is 2.24. The van der Waals surface area contributed by atoms with Crippen molar-refractivity contribution in [1.82, 2.24) is 37.0 Å². The molecule has 2 saturated heterocycles. The van der Waals surface area contributed by atoms with Gasteiger partial charge >= 0.3 is 23.9 Å². The van der Waals surface area contributed by atoms with E-state index in [1.54, 1.807) is 13.8 Å². The van der Waals surface area contributed by atoms with Gasteiger partial charge in [-0.1, -0.05) is 128 Å². The van der Waals surface area contributed by atoms with Gasteiger partial charge in [-0.05, 0) is 74.5 Å². The zero-order valence-electron chi connectivity index (χ0n) is 45.0. The largest absolute Gasteiger partial charge is 0.481 e. The Morgan fingerprint density at radius 3 is 1.68 bits per heavy atom. The molecule has 2 fully saturated rings. The lowest BCUT2D eigenvalue weighted by molar-refractivity contribution is -0.191. The topological polar surface area (TPSA) is 285 Å². The van der Waals surface area contributed by atoms with Gasteiger partial charge in [0.25, 0.3) is 11.8 Å². The van der Waals surface area contributed by atoms with Crippen LogP contribution in [0.4, 0.5) is 4.79 Å². The number of carbonyl (C=O) groups is 10. The van der Waals surface area contributed by atoms with Gasteiger partial charge in [0.05, 0.1) is 12.5 Å². The highest BCUT2D eigenvalue weighted by molar-refractivity contribution is 5.99. The molecular weight excluding hydrogens is 931 g/mol. The predicted octanol–water partition coefficient (Wildman–Crippen LogP) is 5.74.